The lowest BCUT2D eigenvalue weighted by molar-refractivity contribution is -0.124. The van der Waals surface area contributed by atoms with Gasteiger partial charge in [-0.25, -0.2) is 0 Å². The van der Waals surface area contributed by atoms with E-state index in [-0.39, 0.29) is 0 Å². The van der Waals surface area contributed by atoms with Crippen LogP contribution in [-0.4, -0.2) is 54.2 Å². The summed E-state index contributed by atoms with van der Waals surface area (Å²) in [5.41, 5.74) is -0.973. The zero-order valence-electron chi connectivity index (χ0n) is 8.19. The van der Waals surface area contributed by atoms with Crippen molar-refractivity contribution in [2.45, 2.75) is 25.5 Å². The molecule has 1 heterocycles. The second kappa shape index (κ2) is 4.17. The third kappa shape index (κ3) is 2.76. The molecular formula is C9H17NO3. The number of hydrogen-bond donors (Lipinski definition) is 1. The molecule has 1 unspecified atom stereocenters. The minimum Gasteiger partial charge on any atom is -0.388 e. The number of hydrogen-bond acceptors (Lipinski definition) is 4. The van der Waals surface area contributed by atoms with Gasteiger partial charge in [-0.05, 0) is 13.8 Å². The van der Waals surface area contributed by atoms with E-state index in [1.54, 1.807) is 13.8 Å². The Morgan fingerprint density at radius 3 is 2.38 bits per heavy atom. The first-order chi connectivity index (χ1) is 6.05. The molecule has 1 saturated heterocycles. The molecule has 1 aliphatic heterocycles. The minimum absolute atomic E-state index is 0.420. The average Bonchev–Trinajstić information content (AvgIpc) is 2.05. The molecule has 4 heteroatoms. The molecule has 4 nitrogen and oxygen atoms in total. The van der Waals surface area contributed by atoms with Crippen LogP contribution in [0.3, 0.4) is 0 Å². The molecule has 1 fully saturated rings. The van der Waals surface area contributed by atoms with Gasteiger partial charge in [0.15, 0.2) is 0 Å². The Kier molecular flexibility index (Phi) is 3.41. The topological polar surface area (TPSA) is 49.8 Å². The lowest BCUT2D eigenvalue weighted by atomic mass is 9.98. The number of rotatable bonds is 3. The Balaban J connectivity index is 2.59. The molecule has 1 atom stereocenters. The van der Waals surface area contributed by atoms with Gasteiger partial charge in [0.05, 0.1) is 24.9 Å². The van der Waals surface area contributed by atoms with Gasteiger partial charge in [0.2, 0.25) is 0 Å². The molecule has 0 aromatic heterocycles. The first-order valence-electron chi connectivity index (χ1n) is 4.55. The van der Waals surface area contributed by atoms with Crippen LogP contribution < -0.4 is 0 Å². The second-order valence-electron chi connectivity index (χ2n) is 3.88. The van der Waals surface area contributed by atoms with Crippen LogP contribution >= 0.6 is 0 Å². The van der Waals surface area contributed by atoms with Gasteiger partial charge in [0.1, 0.15) is 6.29 Å². The van der Waals surface area contributed by atoms with Crippen molar-refractivity contribution in [3.05, 3.63) is 0 Å². The van der Waals surface area contributed by atoms with Crippen molar-refractivity contribution in [2.24, 2.45) is 0 Å². The lowest BCUT2D eigenvalue weighted by Crippen LogP contribution is -2.54. The zero-order valence-corrected chi connectivity index (χ0v) is 8.19. The molecule has 13 heavy (non-hydrogen) atoms. The Bertz CT molecular complexity index is 170. The Labute approximate surface area is 78.5 Å². The molecule has 1 rings (SSSR count). The van der Waals surface area contributed by atoms with Gasteiger partial charge >= 0.3 is 0 Å². The number of carbonyl (C=O) groups excluding carboxylic acids is 1. The first-order valence-corrected chi connectivity index (χ1v) is 4.55. The second-order valence-corrected chi connectivity index (χ2v) is 3.88. The number of carbonyl (C=O) groups is 1. The zero-order chi connectivity index (χ0) is 9.90. The number of aldehydes is 1. The van der Waals surface area contributed by atoms with E-state index < -0.39 is 11.6 Å². The van der Waals surface area contributed by atoms with Gasteiger partial charge in [-0.1, -0.05) is 0 Å². The summed E-state index contributed by atoms with van der Waals surface area (Å²) in [4.78, 5) is 12.8. The SMILES string of the molecule is CC(C)(O)C(C=O)N1CCOCC1. The largest absolute Gasteiger partial charge is 0.388 e. The highest BCUT2D eigenvalue weighted by Crippen LogP contribution is 2.14. The van der Waals surface area contributed by atoms with Crippen LogP contribution in [0.2, 0.25) is 0 Å². The molecule has 0 bridgehead atoms. The first kappa shape index (κ1) is 10.6. The van der Waals surface area contributed by atoms with Crippen LogP contribution in [0, 0.1) is 0 Å². The van der Waals surface area contributed by atoms with E-state index in [0.29, 0.717) is 26.3 Å². The maximum atomic E-state index is 10.8. The Hall–Kier alpha value is -0.450. The summed E-state index contributed by atoms with van der Waals surface area (Å²) in [6, 6.07) is -0.420. The highest BCUT2D eigenvalue weighted by molar-refractivity contribution is 5.59. The average molecular weight is 187 g/mol. The van der Waals surface area contributed by atoms with E-state index in [1.807, 2.05) is 4.90 Å². The van der Waals surface area contributed by atoms with Crippen molar-refractivity contribution in [3.8, 4) is 0 Å². The lowest BCUT2D eigenvalue weighted by Gasteiger charge is -2.37. The van der Waals surface area contributed by atoms with Crippen LogP contribution in [0.15, 0.2) is 0 Å². The van der Waals surface area contributed by atoms with E-state index in [1.165, 1.54) is 0 Å². The maximum Gasteiger partial charge on any atom is 0.140 e. The standard InChI is InChI=1S/C9H17NO3/c1-9(2,12)8(7-11)10-3-5-13-6-4-10/h7-8,12H,3-6H2,1-2H3. The van der Waals surface area contributed by atoms with E-state index >= 15 is 0 Å². The normalized spacial score (nSPS) is 22.7. The molecule has 1 aliphatic rings. The summed E-state index contributed by atoms with van der Waals surface area (Å²) in [7, 11) is 0. The summed E-state index contributed by atoms with van der Waals surface area (Å²) in [6.07, 6.45) is 0.811. The summed E-state index contributed by atoms with van der Waals surface area (Å²) < 4.78 is 5.17. The van der Waals surface area contributed by atoms with Crippen molar-refractivity contribution in [3.63, 3.8) is 0 Å². The monoisotopic (exact) mass is 187 g/mol. The number of morpholine rings is 1. The quantitative estimate of drug-likeness (QED) is 0.614. The summed E-state index contributed by atoms with van der Waals surface area (Å²) in [5.74, 6) is 0. The van der Waals surface area contributed by atoms with Crippen molar-refractivity contribution in [1.29, 1.82) is 0 Å². The van der Waals surface area contributed by atoms with Gasteiger partial charge in [-0.2, -0.15) is 0 Å². The van der Waals surface area contributed by atoms with Crippen molar-refractivity contribution >= 4 is 6.29 Å². The highest BCUT2D eigenvalue weighted by atomic mass is 16.5. The number of aliphatic hydroxyl groups is 1. The van der Waals surface area contributed by atoms with Crippen molar-refractivity contribution < 1.29 is 14.6 Å². The maximum absolute atomic E-state index is 10.8. The van der Waals surface area contributed by atoms with Crippen molar-refractivity contribution in [2.75, 3.05) is 26.3 Å². The minimum atomic E-state index is -0.973. The molecule has 0 radical (unpaired) electrons. The third-order valence-electron chi connectivity index (χ3n) is 2.29. The van der Waals surface area contributed by atoms with E-state index in [2.05, 4.69) is 0 Å². The van der Waals surface area contributed by atoms with Crippen LogP contribution in [0.25, 0.3) is 0 Å². The molecular weight excluding hydrogens is 170 g/mol. The molecule has 0 aromatic carbocycles. The Morgan fingerprint density at radius 1 is 1.46 bits per heavy atom. The van der Waals surface area contributed by atoms with Gasteiger partial charge in [0, 0.05) is 13.1 Å². The summed E-state index contributed by atoms with van der Waals surface area (Å²) in [5, 5.41) is 9.72. The summed E-state index contributed by atoms with van der Waals surface area (Å²) in [6.45, 7) is 6.02. The molecule has 0 saturated carbocycles. The van der Waals surface area contributed by atoms with Gasteiger partial charge < -0.3 is 14.6 Å². The van der Waals surface area contributed by atoms with Crippen molar-refractivity contribution in [1.82, 2.24) is 4.90 Å². The molecule has 0 spiro atoms. The predicted molar refractivity (Wildman–Crippen MR) is 48.5 cm³/mol. The molecule has 0 amide bonds. The number of ether oxygens (including phenoxy) is 1. The van der Waals surface area contributed by atoms with Gasteiger partial charge in [-0.15, -0.1) is 0 Å². The fraction of sp³-hybridized carbons (Fsp3) is 0.889. The van der Waals surface area contributed by atoms with Gasteiger partial charge in [-0.3, -0.25) is 4.90 Å². The van der Waals surface area contributed by atoms with Crippen LogP contribution in [-0.2, 0) is 9.53 Å². The Morgan fingerprint density at radius 2 is 2.00 bits per heavy atom. The molecule has 0 aliphatic carbocycles. The fourth-order valence-electron chi connectivity index (χ4n) is 1.56. The molecule has 76 valence electrons. The molecule has 1 N–H and O–H groups in total. The highest BCUT2D eigenvalue weighted by Gasteiger charge is 2.32. The predicted octanol–water partition coefficient (Wildman–Crippen LogP) is -0.343. The summed E-state index contributed by atoms with van der Waals surface area (Å²) >= 11 is 0. The van der Waals surface area contributed by atoms with Crippen LogP contribution in [0.5, 0.6) is 0 Å². The van der Waals surface area contributed by atoms with E-state index in [0.717, 1.165) is 6.29 Å². The fourth-order valence-corrected chi connectivity index (χ4v) is 1.56. The van der Waals surface area contributed by atoms with E-state index in [9.17, 15) is 9.90 Å². The van der Waals surface area contributed by atoms with Crippen LogP contribution in [0.4, 0.5) is 0 Å². The van der Waals surface area contributed by atoms with Gasteiger partial charge in [0.25, 0.3) is 0 Å². The van der Waals surface area contributed by atoms with Crippen LogP contribution in [0.1, 0.15) is 13.8 Å². The van der Waals surface area contributed by atoms with E-state index in [4.69, 9.17) is 4.74 Å². The molecule has 0 aromatic rings. The smallest absolute Gasteiger partial charge is 0.140 e. The number of nitrogens with zero attached hydrogens (tertiary/aromatic N) is 1. The third-order valence-corrected chi connectivity index (χ3v) is 2.29.